The van der Waals surface area contributed by atoms with E-state index in [-0.39, 0.29) is 0 Å². The van der Waals surface area contributed by atoms with Crippen LogP contribution in [0.15, 0.2) is 158 Å². The molecule has 6 heteroatoms. The third-order valence-corrected chi connectivity index (χ3v) is 12.6. The minimum Gasteiger partial charge on any atom is -0.309 e. The number of rotatable bonds is 3. The van der Waals surface area contributed by atoms with Crippen molar-refractivity contribution in [2.24, 2.45) is 0 Å². The molecule has 0 amide bonds. The van der Waals surface area contributed by atoms with Gasteiger partial charge in [0, 0.05) is 32.8 Å². The Bertz CT molecular complexity index is 3280. The van der Waals surface area contributed by atoms with Crippen LogP contribution in [-0.4, -0.2) is 19.1 Å². The fourth-order valence-corrected chi connectivity index (χ4v) is 10.1. The first kappa shape index (κ1) is 28.4. The van der Waals surface area contributed by atoms with Gasteiger partial charge in [-0.2, -0.15) is 0 Å². The van der Waals surface area contributed by atoms with E-state index in [0.29, 0.717) is 0 Å². The number of fused-ring (bicyclic) bond motifs is 10. The maximum Gasteiger partial charge on any atom is 0.195 e. The maximum absolute atomic E-state index is 5.18. The van der Waals surface area contributed by atoms with Crippen LogP contribution in [0.25, 0.3) is 107 Å². The first-order chi connectivity index (χ1) is 25.7. The van der Waals surface area contributed by atoms with Crippen molar-refractivity contribution in [2.75, 3.05) is 0 Å². The van der Waals surface area contributed by atoms with Gasteiger partial charge in [-0.1, -0.05) is 96.3 Å². The van der Waals surface area contributed by atoms with E-state index < -0.39 is 0 Å². The van der Waals surface area contributed by atoms with E-state index >= 15 is 0 Å². The largest absolute Gasteiger partial charge is 0.309 e. The summed E-state index contributed by atoms with van der Waals surface area (Å²) in [6.45, 7) is 0. The maximum atomic E-state index is 5.18. The molecule has 0 unspecified atom stereocenters. The van der Waals surface area contributed by atoms with E-state index in [4.69, 9.17) is 9.97 Å². The summed E-state index contributed by atoms with van der Waals surface area (Å²) in [5.74, 6) is 0. The van der Waals surface area contributed by atoms with Crippen LogP contribution in [0.2, 0.25) is 0 Å². The van der Waals surface area contributed by atoms with Gasteiger partial charge in [0.05, 0.1) is 42.5 Å². The molecule has 242 valence electrons. The monoisotopic (exact) mass is 698 g/mol. The van der Waals surface area contributed by atoms with Crippen LogP contribution < -0.4 is 0 Å². The molecule has 0 saturated carbocycles. The summed E-state index contributed by atoms with van der Waals surface area (Å²) in [4.78, 5) is 10.3. The topological polar surface area (TPSA) is 35.6 Å². The van der Waals surface area contributed by atoms with E-state index in [1.54, 1.807) is 22.7 Å². The number of thiazole rings is 2. The van der Waals surface area contributed by atoms with E-state index in [1.165, 1.54) is 69.9 Å². The molecule has 4 aromatic heterocycles. The van der Waals surface area contributed by atoms with Gasteiger partial charge in [-0.05, 0) is 94.3 Å². The van der Waals surface area contributed by atoms with Crippen molar-refractivity contribution in [1.82, 2.24) is 19.1 Å². The number of hydrogen-bond acceptors (Lipinski definition) is 4. The average molecular weight is 699 g/mol. The van der Waals surface area contributed by atoms with Gasteiger partial charge in [0.2, 0.25) is 0 Å². The lowest BCUT2D eigenvalue weighted by Gasteiger charge is -2.08. The van der Waals surface area contributed by atoms with E-state index in [1.807, 2.05) is 0 Å². The Morgan fingerprint density at radius 3 is 1.62 bits per heavy atom. The minimum atomic E-state index is 0.974. The zero-order valence-corrected chi connectivity index (χ0v) is 29.2. The Labute approximate surface area is 305 Å². The van der Waals surface area contributed by atoms with Gasteiger partial charge in [0.15, 0.2) is 5.13 Å². The predicted molar refractivity (Wildman–Crippen MR) is 222 cm³/mol. The summed E-state index contributed by atoms with van der Waals surface area (Å²) >= 11 is 3.48. The van der Waals surface area contributed by atoms with Gasteiger partial charge in [0.25, 0.3) is 0 Å². The first-order valence-electron chi connectivity index (χ1n) is 17.4. The third kappa shape index (κ3) is 4.07. The quantitative estimate of drug-likeness (QED) is 0.184. The second-order valence-electron chi connectivity index (χ2n) is 13.5. The molecule has 0 N–H and O–H groups in total. The highest BCUT2D eigenvalue weighted by molar-refractivity contribution is 7.22. The molecular formula is C46H26N4S2. The molecule has 0 bridgehead atoms. The second-order valence-corrected chi connectivity index (χ2v) is 15.5. The van der Waals surface area contributed by atoms with Gasteiger partial charge in [-0.25, -0.2) is 9.97 Å². The number of aromatic nitrogens is 4. The lowest BCUT2D eigenvalue weighted by atomic mass is 10.1. The molecule has 4 heterocycles. The lowest BCUT2D eigenvalue weighted by Crippen LogP contribution is -1.93. The summed E-state index contributed by atoms with van der Waals surface area (Å²) < 4.78 is 7.05. The van der Waals surface area contributed by atoms with Crippen LogP contribution in [0.3, 0.4) is 0 Å². The Morgan fingerprint density at radius 2 is 0.923 bits per heavy atom. The fourth-order valence-electron chi connectivity index (χ4n) is 8.11. The zero-order valence-electron chi connectivity index (χ0n) is 27.6. The normalized spacial score (nSPS) is 12.2. The molecular weight excluding hydrogens is 673 g/mol. The predicted octanol–water partition coefficient (Wildman–Crippen LogP) is 13.1. The van der Waals surface area contributed by atoms with Crippen molar-refractivity contribution in [3.05, 3.63) is 158 Å². The molecule has 12 rings (SSSR count). The van der Waals surface area contributed by atoms with E-state index in [2.05, 4.69) is 167 Å². The van der Waals surface area contributed by atoms with Crippen molar-refractivity contribution in [3.63, 3.8) is 0 Å². The Kier molecular flexibility index (Phi) is 5.78. The van der Waals surface area contributed by atoms with Crippen LogP contribution >= 0.6 is 22.7 Å². The van der Waals surface area contributed by atoms with Gasteiger partial charge in [-0.15, -0.1) is 11.3 Å². The highest BCUT2D eigenvalue weighted by Gasteiger charge is 2.18. The van der Waals surface area contributed by atoms with Crippen LogP contribution in [0.1, 0.15) is 0 Å². The van der Waals surface area contributed by atoms with E-state index in [9.17, 15) is 0 Å². The summed E-state index contributed by atoms with van der Waals surface area (Å²) in [5.41, 5.74) is 9.04. The number of benzene rings is 8. The fraction of sp³-hybridized carbons (Fsp3) is 0. The molecule has 4 nitrogen and oxygen atoms in total. The van der Waals surface area contributed by atoms with Gasteiger partial charge >= 0.3 is 0 Å². The zero-order chi connectivity index (χ0) is 33.9. The lowest BCUT2D eigenvalue weighted by molar-refractivity contribution is 1.15. The minimum absolute atomic E-state index is 0.974. The Morgan fingerprint density at radius 1 is 0.385 bits per heavy atom. The van der Waals surface area contributed by atoms with Crippen molar-refractivity contribution >= 4 is 108 Å². The smallest absolute Gasteiger partial charge is 0.195 e. The molecule has 0 atom stereocenters. The Balaban J connectivity index is 0.980. The summed E-state index contributed by atoms with van der Waals surface area (Å²) in [6, 6.07) is 57.1. The SMILES string of the molecule is c1ccc2cc3c(cc2c1)c1ccccc1n3-c1ccc2nc(-c3ccc4nc(-n5c6ccccc6c6cc7ccccc7cc65)sc4c3)sc2c1. The highest BCUT2D eigenvalue weighted by Crippen LogP contribution is 2.40. The molecule has 8 aromatic carbocycles. The number of nitrogens with zero attached hydrogens (tertiary/aromatic N) is 4. The molecule has 52 heavy (non-hydrogen) atoms. The van der Waals surface area contributed by atoms with Crippen LogP contribution in [0.5, 0.6) is 0 Å². The highest BCUT2D eigenvalue weighted by atomic mass is 32.1. The van der Waals surface area contributed by atoms with Crippen molar-refractivity contribution in [2.45, 2.75) is 0 Å². The molecule has 0 aliphatic heterocycles. The van der Waals surface area contributed by atoms with E-state index in [0.717, 1.165) is 37.1 Å². The summed E-state index contributed by atoms with van der Waals surface area (Å²) in [5, 5.41) is 12.0. The third-order valence-electron chi connectivity index (χ3n) is 10.5. The Hall–Kier alpha value is -6.34. The van der Waals surface area contributed by atoms with Crippen molar-refractivity contribution in [3.8, 4) is 21.4 Å². The van der Waals surface area contributed by atoms with Crippen molar-refractivity contribution in [1.29, 1.82) is 0 Å². The van der Waals surface area contributed by atoms with Crippen molar-refractivity contribution < 1.29 is 0 Å². The standard InChI is InChI=1S/C46H26N4S2/c1-3-11-29-23-41-35(21-27(29)9-1)33-13-5-7-15-39(33)49(41)32-18-20-37-44(26-32)51-45(47-37)31-17-19-38-43(25-31)52-46(48-38)50-40-16-8-6-14-34(40)36-22-28-10-2-4-12-30(28)24-42(36)50/h1-26H. The average Bonchev–Trinajstić information content (AvgIpc) is 3.96. The first-order valence-corrected chi connectivity index (χ1v) is 19.0. The summed E-state index contributed by atoms with van der Waals surface area (Å²) in [7, 11) is 0. The molecule has 12 aromatic rings. The number of hydrogen-bond donors (Lipinski definition) is 0. The summed E-state index contributed by atoms with van der Waals surface area (Å²) in [6.07, 6.45) is 0. The van der Waals surface area contributed by atoms with Gasteiger partial charge in [0.1, 0.15) is 5.01 Å². The molecule has 0 radical (unpaired) electrons. The van der Waals surface area contributed by atoms with Crippen LogP contribution in [0.4, 0.5) is 0 Å². The molecule has 0 aliphatic carbocycles. The van der Waals surface area contributed by atoms with Gasteiger partial charge < -0.3 is 4.57 Å². The van der Waals surface area contributed by atoms with Gasteiger partial charge in [-0.3, -0.25) is 4.57 Å². The molecule has 0 aliphatic rings. The van der Waals surface area contributed by atoms with Crippen LogP contribution in [0, 0.1) is 0 Å². The molecule has 0 fully saturated rings. The number of para-hydroxylation sites is 2. The second kappa shape index (κ2) is 10.6. The molecule has 0 spiro atoms. The molecule has 0 saturated heterocycles. The van der Waals surface area contributed by atoms with Crippen LogP contribution in [-0.2, 0) is 0 Å².